The lowest BCUT2D eigenvalue weighted by atomic mass is 10.00. The first-order valence-corrected chi connectivity index (χ1v) is 9.56. The average molecular weight is 347 g/mol. The van der Waals surface area contributed by atoms with Gasteiger partial charge < -0.3 is 0 Å². The third-order valence-electron chi connectivity index (χ3n) is 3.54. The molecule has 0 unspecified atom stereocenters. The Hall–Kier alpha value is -2.05. The minimum atomic E-state index is -3.37. The molecule has 1 aromatic heterocycles. The van der Waals surface area contributed by atoms with Crippen molar-refractivity contribution in [2.75, 3.05) is 6.26 Å². The standard InChI is InChI=1S/C17H14FNO2S2/c1-11-16(14-5-3-4-6-15(14)23(2,20)21)17(19-22-11)12-7-9-13(18)10-8-12/h3-10H,1-2H3. The van der Waals surface area contributed by atoms with Crippen LogP contribution >= 0.6 is 11.5 Å². The maximum Gasteiger partial charge on any atom is 0.176 e. The Bertz CT molecular complexity index is 961. The van der Waals surface area contributed by atoms with E-state index in [1.165, 1.54) is 29.9 Å². The number of aryl methyl sites for hydroxylation is 1. The van der Waals surface area contributed by atoms with Gasteiger partial charge in [0.1, 0.15) is 5.82 Å². The molecule has 3 nitrogen and oxygen atoms in total. The quantitative estimate of drug-likeness (QED) is 0.708. The summed E-state index contributed by atoms with van der Waals surface area (Å²) < 4.78 is 41.8. The second kappa shape index (κ2) is 5.86. The van der Waals surface area contributed by atoms with Crippen molar-refractivity contribution < 1.29 is 12.8 Å². The van der Waals surface area contributed by atoms with Gasteiger partial charge in [0.25, 0.3) is 0 Å². The maximum atomic E-state index is 13.2. The summed E-state index contributed by atoms with van der Waals surface area (Å²) in [5, 5.41) is 0. The van der Waals surface area contributed by atoms with Crippen LogP contribution in [-0.2, 0) is 9.84 Å². The molecular formula is C17H14FNO2S2. The van der Waals surface area contributed by atoms with E-state index in [1.807, 2.05) is 6.92 Å². The molecule has 0 aliphatic carbocycles. The first-order chi connectivity index (χ1) is 10.9. The highest BCUT2D eigenvalue weighted by molar-refractivity contribution is 7.90. The molecule has 23 heavy (non-hydrogen) atoms. The lowest BCUT2D eigenvalue weighted by molar-refractivity contribution is 0.602. The minimum absolute atomic E-state index is 0.270. The van der Waals surface area contributed by atoms with E-state index in [0.717, 1.165) is 16.0 Å². The Morgan fingerprint density at radius 1 is 1.04 bits per heavy atom. The molecular weight excluding hydrogens is 333 g/mol. The van der Waals surface area contributed by atoms with Crippen LogP contribution in [0.1, 0.15) is 4.88 Å². The minimum Gasteiger partial charge on any atom is -0.224 e. The van der Waals surface area contributed by atoms with Crippen molar-refractivity contribution in [2.45, 2.75) is 11.8 Å². The van der Waals surface area contributed by atoms with Gasteiger partial charge in [0.15, 0.2) is 9.84 Å². The van der Waals surface area contributed by atoms with Crippen molar-refractivity contribution in [1.29, 1.82) is 0 Å². The first-order valence-electron chi connectivity index (χ1n) is 6.89. The summed E-state index contributed by atoms with van der Waals surface area (Å²) >= 11 is 1.31. The summed E-state index contributed by atoms with van der Waals surface area (Å²) in [6.45, 7) is 1.90. The Balaban J connectivity index is 2.27. The zero-order chi connectivity index (χ0) is 16.6. The molecule has 0 fully saturated rings. The van der Waals surface area contributed by atoms with Gasteiger partial charge in [-0.2, -0.15) is 4.37 Å². The fourth-order valence-electron chi connectivity index (χ4n) is 2.49. The molecule has 1 heterocycles. The normalized spacial score (nSPS) is 11.6. The number of halogens is 1. The molecule has 0 radical (unpaired) electrons. The average Bonchev–Trinajstić information content (AvgIpc) is 2.89. The van der Waals surface area contributed by atoms with E-state index in [-0.39, 0.29) is 10.7 Å². The second-order valence-corrected chi connectivity index (χ2v) is 8.20. The predicted octanol–water partition coefficient (Wildman–Crippen LogP) is 4.33. The Morgan fingerprint density at radius 2 is 1.70 bits per heavy atom. The van der Waals surface area contributed by atoms with Gasteiger partial charge in [-0.15, -0.1) is 0 Å². The number of nitrogens with zero attached hydrogens (tertiary/aromatic N) is 1. The van der Waals surface area contributed by atoms with Gasteiger partial charge in [-0.1, -0.05) is 18.2 Å². The van der Waals surface area contributed by atoms with Crippen LogP contribution in [0.2, 0.25) is 0 Å². The third kappa shape index (κ3) is 3.04. The highest BCUT2D eigenvalue weighted by Crippen LogP contribution is 2.39. The van der Waals surface area contributed by atoms with E-state index in [0.29, 0.717) is 11.3 Å². The van der Waals surface area contributed by atoms with Crippen LogP contribution in [0.4, 0.5) is 4.39 Å². The van der Waals surface area contributed by atoms with Gasteiger partial charge in [0.05, 0.1) is 10.6 Å². The number of rotatable bonds is 3. The lowest BCUT2D eigenvalue weighted by Gasteiger charge is -2.10. The monoisotopic (exact) mass is 347 g/mol. The van der Waals surface area contributed by atoms with Crippen LogP contribution in [0.5, 0.6) is 0 Å². The number of benzene rings is 2. The molecule has 6 heteroatoms. The highest BCUT2D eigenvalue weighted by atomic mass is 32.2. The van der Waals surface area contributed by atoms with Crippen molar-refractivity contribution in [3.05, 3.63) is 59.2 Å². The molecule has 0 N–H and O–H groups in total. The fourth-order valence-corrected chi connectivity index (χ4v) is 4.11. The Morgan fingerprint density at radius 3 is 2.35 bits per heavy atom. The summed E-state index contributed by atoms with van der Waals surface area (Å²) in [7, 11) is -3.37. The van der Waals surface area contributed by atoms with Gasteiger partial charge in [-0.25, -0.2) is 12.8 Å². The lowest BCUT2D eigenvalue weighted by Crippen LogP contribution is -2.00. The molecule has 0 saturated carbocycles. The molecule has 0 aliphatic heterocycles. The predicted molar refractivity (Wildman–Crippen MR) is 90.8 cm³/mol. The molecule has 0 bridgehead atoms. The molecule has 0 aliphatic rings. The van der Waals surface area contributed by atoms with E-state index in [2.05, 4.69) is 4.37 Å². The smallest absolute Gasteiger partial charge is 0.176 e. The molecule has 0 saturated heterocycles. The molecule has 0 atom stereocenters. The van der Waals surface area contributed by atoms with Crippen LogP contribution in [0.3, 0.4) is 0 Å². The van der Waals surface area contributed by atoms with Gasteiger partial charge >= 0.3 is 0 Å². The van der Waals surface area contributed by atoms with E-state index in [9.17, 15) is 12.8 Å². The van der Waals surface area contributed by atoms with Gasteiger partial charge in [-0.05, 0) is 48.8 Å². The SMILES string of the molecule is Cc1snc(-c2ccc(F)cc2)c1-c1ccccc1S(C)(=O)=O. The van der Waals surface area contributed by atoms with Crippen LogP contribution in [0.15, 0.2) is 53.4 Å². The van der Waals surface area contributed by atoms with Crippen LogP contribution in [0.25, 0.3) is 22.4 Å². The zero-order valence-corrected chi connectivity index (χ0v) is 14.2. The van der Waals surface area contributed by atoms with E-state index in [1.54, 1.807) is 36.4 Å². The highest BCUT2D eigenvalue weighted by Gasteiger charge is 2.21. The molecule has 3 aromatic rings. The summed E-state index contributed by atoms with van der Waals surface area (Å²) in [5.74, 6) is -0.321. The number of aromatic nitrogens is 1. The summed E-state index contributed by atoms with van der Waals surface area (Å²) in [4.78, 5) is 1.19. The Kier molecular flexibility index (Phi) is 4.04. The number of sulfone groups is 1. The molecule has 3 rings (SSSR count). The molecule has 0 amide bonds. The first kappa shape index (κ1) is 15.8. The molecule has 0 spiro atoms. The fraction of sp³-hybridized carbons (Fsp3) is 0.118. The van der Waals surface area contributed by atoms with E-state index < -0.39 is 9.84 Å². The summed E-state index contributed by atoms with van der Waals surface area (Å²) in [6, 6.07) is 12.9. The molecule has 118 valence electrons. The molecule has 2 aromatic carbocycles. The van der Waals surface area contributed by atoms with Crippen LogP contribution in [0, 0.1) is 12.7 Å². The topological polar surface area (TPSA) is 47.0 Å². The zero-order valence-electron chi connectivity index (χ0n) is 12.6. The van der Waals surface area contributed by atoms with Gasteiger partial charge in [0, 0.05) is 27.8 Å². The van der Waals surface area contributed by atoms with Gasteiger partial charge in [-0.3, -0.25) is 0 Å². The van der Waals surface area contributed by atoms with Crippen LogP contribution in [-0.4, -0.2) is 19.0 Å². The largest absolute Gasteiger partial charge is 0.224 e. The van der Waals surface area contributed by atoms with E-state index >= 15 is 0 Å². The number of hydrogen-bond acceptors (Lipinski definition) is 4. The Labute approximate surface area is 138 Å². The number of hydrogen-bond donors (Lipinski definition) is 0. The van der Waals surface area contributed by atoms with Crippen molar-refractivity contribution in [3.8, 4) is 22.4 Å². The van der Waals surface area contributed by atoms with Crippen molar-refractivity contribution in [2.24, 2.45) is 0 Å². The summed E-state index contributed by atoms with van der Waals surface area (Å²) in [6.07, 6.45) is 1.19. The summed E-state index contributed by atoms with van der Waals surface area (Å²) in [5.41, 5.74) is 2.83. The van der Waals surface area contributed by atoms with Crippen molar-refractivity contribution in [1.82, 2.24) is 4.37 Å². The van der Waals surface area contributed by atoms with Crippen molar-refractivity contribution in [3.63, 3.8) is 0 Å². The second-order valence-electron chi connectivity index (χ2n) is 5.24. The van der Waals surface area contributed by atoms with Crippen molar-refractivity contribution >= 4 is 21.4 Å². The third-order valence-corrected chi connectivity index (χ3v) is 5.44. The van der Waals surface area contributed by atoms with Crippen LogP contribution < -0.4 is 0 Å². The maximum absolute atomic E-state index is 13.2. The van der Waals surface area contributed by atoms with Gasteiger partial charge in [0.2, 0.25) is 0 Å². The van der Waals surface area contributed by atoms with E-state index in [4.69, 9.17) is 0 Å².